The van der Waals surface area contributed by atoms with Crippen LogP contribution in [0.5, 0.6) is 5.75 Å². The van der Waals surface area contributed by atoms with Gasteiger partial charge in [0.05, 0.1) is 6.04 Å². The highest BCUT2D eigenvalue weighted by molar-refractivity contribution is 5.78. The number of hydrogen-bond donors (Lipinski definition) is 0. The Balaban J connectivity index is 1.95. The topological polar surface area (TPSA) is 49.9 Å². The van der Waals surface area contributed by atoms with Gasteiger partial charge in [0, 0.05) is 26.6 Å². The van der Waals surface area contributed by atoms with Gasteiger partial charge in [-0.25, -0.2) is 0 Å². The number of rotatable bonds is 6. The number of fused-ring (bicyclic) bond motifs is 1. The van der Waals surface area contributed by atoms with Gasteiger partial charge in [-0.3, -0.25) is 9.59 Å². The molecule has 0 fully saturated rings. The third kappa shape index (κ3) is 4.61. The first-order chi connectivity index (χ1) is 13.9. The van der Waals surface area contributed by atoms with E-state index in [0.29, 0.717) is 25.3 Å². The summed E-state index contributed by atoms with van der Waals surface area (Å²) in [6, 6.07) is 14.2. The number of benzene rings is 2. The highest BCUT2D eigenvalue weighted by Crippen LogP contribution is 2.37. The molecule has 3 rings (SSSR count). The lowest BCUT2D eigenvalue weighted by Crippen LogP contribution is -2.40. The van der Waals surface area contributed by atoms with Crippen molar-refractivity contribution >= 4 is 11.8 Å². The van der Waals surface area contributed by atoms with Gasteiger partial charge in [0.15, 0.2) is 6.61 Å². The second-order valence-electron chi connectivity index (χ2n) is 7.56. The molecule has 2 aromatic carbocycles. The monoisotopic (exact) mass is 394 g/mol. The molecule has 0 aromatic heterocycles. The fraction of sp³-hybridized carbons (Fsp3) is 0.417. The van der Waals surface area contributed by atoms with Gasteiger partial charge in [-0.15, -0.1) is 0 Å². The Bertz CT molecular complexity index is 893. The minimum Gasteiger partial charge on any atom is -0.484 e. The Labute approximate surface area is 173 Å². The van der Waals surface area contributed by atoms with Crippen molar-refractivity contribution in [3.63, 3.8) is 0 Å². The molecule has 2 amide bonds. The van der Waals surface area contributed by atoms with E-state index >= 15 is 0 Å². The van der Waals surface area contributed by atoms with E-state index in [2.05, 4.69) is 31.2 Å². The summed E-state index contributed by atoms with van der Waals surface area (Å²) in [7, 11) is 1.76. The average molecular weight is 395 g/mol. The lowest BCUT2D eigenvalue weighted by molar-refractivity contribution is -0.133. The van der Waals surface area contributed by atoms with Crippen LogP contribution in [0.15, 0.2) is 42.5 Å². The van der Waals surface area contributed by atoms with E-state index in [1.54, 1.807) is 11.9 Å². The summed E-state index contributed by atoms with van der Waals surface area (Å²) in [4.78, 5) is 28.4. The number of ether oxygens (including phenoxy) is 1. The van der Waals surface area contributed by atoms with E-state index in [0.717, 1.165) is 17.5 Å². The Morgan fingerprint density at radius 2 is 1.97 bits per heavy atom. The normalized spacial score (nSPS) is 15.6. The summed E-state index contributed by atoms with van der Waals surface area (Å²) in [5.41, 5.74) is 4.57. The summed E-state index contributed by atoms with van der Waals surface area (Å²) in [6.45, 7) is 7.27. The van der Waals surface area contributed by atoms with Crippen LogP contribution in [-0.2, 0) is 16.0 Å². The van der Waals surface area contributed by atoms with E-state index in [4.69, 9.17) is 4.74 Å². The molecular formula is C24H30N2O3. The standard InChI is InChI=1S/C24H30N2O3/c1-5-22(27)26-13-12-18-10-11-20(29-16-23(28)25(4)6-2)15-21(18)24(26)19-9-7-8-17(3)14-19/h7-11,14-15,24H,5-6,12-13,16H2,1-4H3. The Kier molecular flexibility index (Phi) is 6.57. The van der Waals surface area contributed by atoms with Crippen molar-refractivity contribution in [3.8, 4) is 5.75 Å². The molecule has 0 bridgehead atoms. The Morgan fingerprint density at radius 1 is 1.17 bits per heavy atom. The number of nitrogens with zero attached hydrogens (tertiary/aromatic N) is 2. The van der Waals surface area contributed by atoms with Crippen LogP contribution >= 0.6 is 0 Å². The van der Waals surface area contributed by atoms with Gasteiger partial charge in [0.2, 0.25) is 5.91 Å². The van der Waals surface area contributed by atoms with Crippen molar-refractivity contribution in [2.75, 3.05) is 26.7 Å². The minimum atomic E-state index is -0.135. The number of aryl methyl sites for hydroxylation is 1. The predicted octanol–water partition coefficient (Wildman–Crippen LogP) is 3.74. The highest BCUT2D eigenvalue weighted by atomic mass is 16.5. The number of carbonyl (C=O) groups excluding carboxylic acids is 2. The van der Waals surface area contributed by atoms with Gasteiger partial charge in [-0.1, -0.05) is 42.8 Å². The maximum atomic E-state index is 12.7. The van der Waals surface area contributed by atoms with E-state index in [1.807, 2.05) is 36.9 Å². The molecule has 1 aliphatic heterocycles. The first-order valence-electron chi connectivity index (χ1n) is 10.3. The minimum absolute atomic E-state index is 0.00977. The largest absolute Gasteiger partial charge is 0.484 e. The SMILES string of the molecule is CCC(=O)N1CCc2ccc(OCC(=O)N(C)CC)cc2C1c1cccc(C)c1. The molecule has 154 valence electrons. The van der Waals surface area contributed by atoms with Crippen LogP contribution in [0.1, 0.15) is 48.6 Å². The number of hydrogen-bond acceptors (Lipinski definition) is 3. The maximum absolute atomic E-state index is 12.7. The smallest absolute Gasteiger partial charge is 0.260 e. The second kappa shape index (κ2) is 9.12. The zero-order valence-corrected chi connectivity index (χ0v) is 17.8. The van der Waals surface area contributed by atoms with E-state index in [1.165, 1.54) is 11.1 Å². The molecule has 1 heterocycles. The summed E-state index contributed by atoms with van der Waals surface area (Å²) in [5, 5.41) is 0. The molecule has 0 saturated carbocycles. The number of likely N-dealkylation sites (N-methyl/N-ethyl adjacent to an activating group) is 1. The van der Waals surface area contributed by atoms with Gasteiger partial charge in [-0.2, -0.15) is 0 Å². The molecule has 0 spiro atoms. The van der Waals surface area contributed by atoms with Crippen LogP contribution in [0.25, 0.3) is 0 Å². The molecule has 0 radical (unpaired) electrons. The van der Waals surface area contributed by atoms with Crippen molar-refractivity contribution < 1.29 is 14.3 Å². The van der Waals surface area contributed by atoms with Gasteiger partial charge in [-0.05, 0) is 49.1 Å². The average Bonchev–Trinajstić information content (AvgIpc) is 2.75. The van der Waals surface area contributed by atoms with Crippen LogP contribution in [0.3, 0.4) is 0 Å². The van der Waals surface area contributed by atoms with Gasteiger partial charge in [0.1, 0.15) is 5.75 Å². The molecule has 2 aromatic rings. The lowest BCUT2D eigenvalue weighted by Gasteiger charge is -2.38. The summed E-state index contributed by atoms with van der Waals surface area (Å²) in [5.74, 6) is 0.751. The fourth-order valence-electron chi connectivity index (χ4n) is 3.79. The third-order valence-corrected chi connectivity index (χ3v) is 5.59. The van der Waals surface area contributed by atoms with Gasteiger partial charge >= 0.3 is 0 Å². The van der Waals surface area contributed by atoms with E-state index in [9.17, 15) is 9.59 Å². The summed E-state index contributed by atoms with van der Waals surface area (Å²) < 4.78 is 5.79. The molecule has 1 aliphatic rings. The molecule has 0 N–H and O–H groups in total. The van der Waals surface area contributed by atoms with Gasteiger partial charge < -0.3 is 14.5 Å². The molecule has 5 nitrogen and oxygen atoms in total. The molecule has 1 atom stereocenters. The van der Waals surface area contributed by atoms with Crippen molar-refractivity contribution in [1.29, 1.82) is 0 Å². The van der Waals surface area contributed by atoms with Crippen molar-refractivity contribution in [3.05, 3.63) is 64.7 Å². The van der Waals surface area contributed by atoms with Crippen LogP contribution in [0.4, 0.5) is 0 Å². The number of amides is 2. The van der Waals surface area contributed by atoms with Crippen molar-refractivity contribution in [2.24, 2.45) is 0 Å². The molecule has 29 heavy (non-hydrogen) atoms. The molecule has 0 saturated heterocycles. The van der Waals surface area contributed by atoms with E-state index in [-0.39, 0.29) is 24.5 Å². The molecular weight excluding hydrogens is 364 g/mol. The first kappa shape index (κ1) is 20.9. The van der Waals surface area contributed by atoms with Crippen LogP contribution in [0, 0.1) is 6.92 Å². The quantitative estimate of drug-likeness (QED) is 0.750. The maximum Gasteiger partial charge on any atom is 0.260 e. The van der Waals surface area contributed by atoms with Crippen LogP contribution < -0.4 is 4.74 Å². The molecule has 1 unspecified atom stereocenters. The fourth-order valence-corrected chi connectivity index (χ4v) is 3.79. The third-order valence-electron chi connectivity index (χ3n) is 5.59. The molecule has 5 heteroatoms. The second-order valence-corrected chi connectivity index (χ2v) is 7.56. The van der Waals surface area contributed by atoms with Gasteiger partial charge in [0.25, 0.3) is 5.91 Å². The van der Waals surface area contributed by atoms with Crippen molar-refractivity contribution in [1.82, 2.24) is 9.80 Å². The summed E-state index contributed by atoms with van der Waals surface area (Å²) >= 11 is 0. The highest BCUT2D eigenvalue weighted by Gasteiger charge is 2.31. The summed E-state index contributed by atoms with van der Waals surface area (Å²) in [6.07, 6.45) is 1.30. The van der Waals surface area contributed by atoms with Crippen molar-refractivity contribution in [2.45, 2.75) is 39.7 Å². The zero-order valence-electron chi connectivity index (χ0n) is 17.8. The predicted molar refractivity (Wildman–Crippen MR) is 114 cm³/mol. The Morgan fingerprint density at radius 3 is 2.66 bits per heavy atom. The Hall–Kier alpha value is -2.82. The zero-order chi connectivity index (χ0) is 21.0. The molecule has 0 aliphatic carbocycles. The lowest BCUT2D eigenvalue weighted by atomic mass is 9.87. The van der Waals surface area contributed by atoms with E-state index < -0.39 is 0 Å². The van der Waals surface area contributed by atoms with Crippen LogP contribution in [0.2, 0.25) is 0 Å². The van der Waals surface area contributed by atoms with Crippen LogP contribution in [-0.4, -0.2) is 48.4 Å². The number of carbonyl (C=O) groups is 2. The first-order valence-corrected chi connectivity index (χ1v) is 10.3.